The molecular weight excluding hydrogens is 300 g/mol. The summed E-state index contributed by atoms with van der Waals surface area (Å²) in [6.07, 6.45) is 6.27. The number of nitro benzene ring substituents is 1. The Labute approximate surface area is 143 Å². The van der Waals surface area contributed by atoms with Crippen LogP contribution in [-0.2, 0) is 0 Å². The molecule has 0 aliphatic rings. The molecule has 0 heterocycles. The number of rotatable bonds is 8. The van der Waals surface area contributed by atoms with Gasteiger partial charge in [0, 0.05) is 30.9 Å². The van der Waals surface area contributed by atoms with Gasteiger partial charge < -0.3 is 4.90 Å². The third kappa shape index (κ3) is 4.95. The SMILES string of the molecule is CCCN(CCC)c1ccc(/C=C/c2ccc([N+](=O)[O-])cc2)cc1. The fourth-order valence-electron chi connectivity index (χ4n) is 2.61. The van der Waals surface area contributed by atoms with Gasteiger partial charge in [-0.1, -0.05) is 38.1 Å². The Morgan fingerprint density at radius 1 is 0.875 bits per heavy atom. The monoisotopic (exact) mass is 324 g/mol. The van der Waals surface area contributed by atoms with Crippen molar-refractivity contribution in [3.63, 3.8) is 0 Å². The predicted octanol–water partition coefficient (Wildman–Crippen LogP) is 5.39. The highest BCUT2D eigenvalue weighted by Gasteiger charge is 2.04. The minimum Gasteiger partial charge on any atom is -0.372 e. The highest BCUT2D eigenvalue weighted by Crippen LogP contribution is 2.18. The van der Waals surface area contributed by atoms with Crippen LogP contribution in [0.15, 0.2) is 48.5 Å². The maximum atomic E-state index is 10.7. The Bertz CT molecular complexity index is 670. The Morgan fingerprint density at radius 2 is 1.33 bits per heavy atom. The Kier molecular flexibility index (Phi) is 6.55. The molecule has 4 heteroatoms. The second kappa shape index (κ2) is 8.87. The lowest BCUT2D eigenvalue weighted by atomic mass is 10.1. The van der Waals surface area contributed by atoms with Crippen LogP contribution in [0.3, 0.4) is 0 Å². The quantitative estimate of drug-likeness (QED) is 0.371. The van der Waals surface area contributed by atoms with Crippen LogP contribution < -0.4 is 4.90 Å². The third-order valence-corrected chi connectivity index (χ3v) is 3.82. The van der Waals surface area contributed by atoms with E-state index < -0.39 is 0 Å². The normalized spacial score (nSPS) is 10.9. The molecule has 2 aromatic carbocycles. The standard InChI is InChI=1S/C20H24N2O2/c1-3-15-21(16-4-2)19-11-7-17(8-12-19)5-6-18-9-13-20(14-10-18)22(23)24/h5-14H,3-4,15-16H2,1-2H3/b6-5+. The van der Waals surface area contributed by atoms with Gasteiger partial charge in [-0.15, -0.1) is 0 Å². The summed E-state index contributed by atoms with van der Waals surface area (Å²) in [6.45, 7) is 6.55. The molecule has 4 nitrogen and oxygen atoms in total. The molecule has 0 aromatic heterocycles. The van der Waals surface area contributed by atoms with Crippen molar-refractivity contribution in [2.75, 3.05) is 18.0 Å². The van der Waals surface area contributed by atoms with E-state index >= 15 is 0 Å². The number of hydrogen-bond donors (Lipinski definition) is 0. The zero-order valence-electron chi connectivity index (χ0n) is 14.3. The maximum Gasteiger partial charge on any atom is 0.269 e. The van der Waals surface area contributed by atoms with E-state index in [4.69, 9.17) is 0 Å². The lowest BCUT2D eigenvalue weighted by Crippen LogP contribution is -2.24. The van der Waals surface area contributed by atoms with Gasteiger partial charge in [0.1, 0.15) is 0 Å². The average molecular weight is 324 g/mol. The van der Waals surface area contributed by atoms with Crippen molar-refractivity contribution in [1.29, 1.82) is 0 Å². The summed E-state index contributed by atoms with van der Waals surface area (Å²) in [5.74, 6) is 0. The first-order valence-corrected chi connectivity index (χ1v) is 8.41. The van der Waals surface area contributed by atoms with Crippen LogP contribution >= 0.6 is 0 Å². The van der Waals surface area contributed by atoms with Crippen molar-refractivity contribution in [1.82, 2.24) is 0 Å². The van der Waals surface area contributed by atoms with Crippen molar-refractivity contribution < 1.29 is 4.92 Å². The summed E-state index contributed by atoms with van der Waals surface area (Å²) >= 11 is 0. The molecule has 0 unspecified atom stereocenters. The van der Waals surface area contributed by atoms with Gasteiger partial charge in [-0.05, 0) is 48.2 Å². The van der Waals surface area contributed by atoms with E-state index in [1.54, 1.807) is 12.1 Å². The molecule has 0 saturated carbocycles. The fourth-order valence-corrected chi connectivity index (χ4v) is 2.61. The van der Waals surface area contributed by atoms with Crippen LogP contribution in [-0.4, -0.2) is 18.0 Å². The van der Waals surface area contributed by atoms with E-state index in [0.29, 0.717) is 0 Å². The fraction of sp³-hybridized carbons (Fsp3) is 0.300. The first-order valence-electron chi connectivity index (χ1n) is 8.41. The molecule has 0 N–H and O–H groups in total. The second-order valence-corrected chi connectivity index (χ2v) is 5.76. The van der Waals surface area contributed by atoms with Gasteiger partial charge in [-0.2, -0.15) is 0 Å². The van der Waals surface area contributed by atoms with Crippen LogP contribution in [0, 0.1) is 10.1 Å². The molecular formula is C20H24N2O2. The number of hydrogen-bond acceptors (Lipinski definition) is 3. The van der Waals surface area contributed by atoms with Gasteiger partial charge in [0.2, 0.25) is 0 Å². The lowest BCUT2D eigenvalue weighted by Gasteiger charge is -2.23. The summed E-state index contributed by atoms with van der Waals surface area (Å²) < 4.78 is 0. The van der Waals surface area contributed by atoms with Gasteiger partial charge in [0.15, 0.2) is 0 Å². The van der Waals surface area contributed by atoms with Gasteiger partial charge >= 0.3 is 0 Å². The molecule has 0 bridgehead atoms. The zero-order valence-corrected chi connectivity index (χ0v) is 14.3. The van der Waals surface area contributed by atoms with E-state index in [2.05, 4.69) is 43.0 Å². The molecule has 0 amide bonds. The molecule has 24 heavy (non-hydrogen) atoms. The number of nitrogens with zero attached hydrogens (tertiary/aromatic N) is 2. The molecule has 126 valence electrons. The van der Waals surface area contributed by atoms with Crippen molar-refractivity contribution in [2.45, 2.75) is 26.7 Å². The van der Waals surface area contributed by atoms with Gasteiger partial charge in [0.25, 0.3) is 5.69 Å². The minimum absolute atomic E-state index is 0.114. The van der Waals surface area contributed by atoms with E-state index in [9.17, 15) is 10.1 Å². The van der Waals surface area contributed by atoms with Gasteiger partial charge in [-0.3, -0.25) is 10.1 Å². The number of benzene rings is 2. The minimum atomic E-state index is -0.384. The smallest absolute Gasteiger partial charge is 0.269 e. The van der Waals surface area contributed by atoms with Crippen molar-refractivity contribution >= 4 is 23.5 Å². The van der Waals surface area contributed by atoms with E-state index in [1.807, 2.05) is 12.2 Å². The van der Waals surface area contributed by atoms with Crippen molar-refractivity contribution in [3.8, 4) is 0 Å². The Morgan fingerprint density at radius 3 is 1.75 bits per heavy atom. The molecule has 0 fully saturated rings. The average Bonchev–Trinajstić information content (AvgIpc) is 2.60. The largest absolute Gasteiger partial charge is 0.372 e. The summed E-state index contributed by atoms with van der Waals surface area (Å²) in [4.78, 5) is 12.7. The highest BCUT2D eigenvalue weighted by atomic mass is 16.6. The predicted molar refractivity (Wildman–Crippen MR) is 101 cm³/mol. The summed E-state index contributed by atoms with van der Waals surface area (Å²) in [5, 5.41) is 10.7. The van der Waals surface area contributed by atoms with Crippen LogP contribution in [0.5, 0.6) is 0 Å². The van der Waals surface area contributed by atoms with Crippen LogP contribution in [0.4, 0.5) is 11.4 Å². The van der Waals surface area contributed by atoms with Crippen molar-refractivity contribution in [2.24, 2.45) is 0 Å². The van der Waals surface area contributed by atoms with E-state index in [1.165, 1.54) is 17.8 Å². The van der Waals surface area contributed by atoms with Gasteiger partial charge in [-0.25, -0.2) is 0 Å². The first-order chi connectivity index (χ1) is 11.6. The first kappa shape index (κ1) is 17.7. The number of non-ortho nitro benzene ring substituents is 1. The van der Waals surface area contributed by atoms with E-state index in [-0.39, 0.29) is 10.6 Å². The Hall–Kier alpha value is -2.62. The molecule has 2 aromatic rings. The number of anilines is 1. The maximum absolute atomic E-state index is 10.7. The second-order valence-electron chi connectivity index (χ2n) is 5.76. The molecule has 0 radical (unpaired) electrons. The van der Waals surface area contributed by atoms with Crippen LogP contribution in [0.1, 0.15) is 37.8 Å². The summed E-state index contributed by atoms with van der Waals surface area (Å²) in [5.41, 5.74) is 3.43. The lowest BCUT2D eigenvalue weighted by molar-refractivity contribution is -0.384. The van der Waals surface area contributed by atoms with Crippen LogP contribution in [0.2, 0.25) is 0 Å². The number of nitro groups is 1. The van der Waals surface area contributed by atoms with Crippen LogP contribution in [0.25, 0.3) is 12.2 Å². The molecule has 0 atom stereocenters. The molecule has 0 spiro atoms. The summed E-state index contributed by atoms with van der Waals surface area (Å²) in [6, 6.07) is 15.1. The molecule has 0 saturated heterocycles. The summed E-state index contributed by atoms with van der Waals surface area (Å²) in [7, 11) is 0. The molecule has 0 aliphatic carbocycles. The molecule has 2 rings (SSSR count). The van der Waals surface area contributed by atoms with Crippen molar-refractivity contribution in [3.05, 3.63) is 69.8 Å². The molecule has 0 aliphatic heterocycles. The van der Waals surface area contributed by atoms with E-state index in [0.717, 1.165) is 37.1 Å². The zero-order chi connectivity index (χ0) is 17.4. The third-order valence-electron chi connectivity index (χ3n) is 3.82. The van der Waals surface area contributed by atoms with Gasteiger partial charge in [0.05, 0.1) is 4.92 Å². The Balaban J connectivity index is 2.06. The highest BCUT2D eigenvalue weighted by molar-refractivity contribution is 5.71. The topological polar surface area (TPSA) is 46.4 Å².